The maximum atomic E-state index is 12.1. The van der Waals surface area contributed by atoms with Crippen LogP contribution in [0.15, 0.2) is 12.1 Å². The van der Waals surface area contributed by atoms with Gasteiger partial charge in [-0.2, -0.15) is 0 Å². The molecule has 3 nitrogen and oxygen atoms in total. The molecule has 1 aliphatic rings. The van der Waals surface area contributed by atoms with Gasteiger partial charge in [0.15, 0.2) is 0 Å². The number of nitrogens with one attached hydrogen (secondary N) is 1. The minimum Gasteiger partial charge on any atom is -0.388 e. The summed E-state index contributed by atoms with van der Waals surface area (Å²) in [5, 5.41) is 13.2. The Labute approximate surface area is 123 Å². The van der Waals surface area contributed by atoms with E-state index in [1.807, 2.05) is 13.0 Å². The molecule has 1 aromatic rings. The van der Waals surface area contributed by atoms with Gasteiger partial charge in [-0.25, -0.2) is 0 Å². The number of halogens is 1. The van der Waals surface area contributed by atoms with E-state index in [2.05, 4.69) is 5.32 Å². The maximum absolute atomic E-state index is 12.1. The van der Waals surface area contributed by atoms with Crippen LogP contribution in [0.4, 0.5) is 0 Å². The van der Waals surface area contributed by atoms with E-state index in [1.54, 1.807) is 6.07 Å². The zero-order valence-electron chi connectivity index (χ0n) is 11.1. The highest BCUT2D eigenvalue weighted by atomic mass is 35.5. The molecule has 1 atom stereocenters. The molecule has 0 aliphatic heterocycles. The second-order valence-electron chi connectivity index (χ2n) is 5.37. The van der Waals surface area contributed by atoms with Crippen molar-refractivity contribution >= 4 is 28.8 Å². The molecule has 1 heterocycles. The molecule has 1 fully saturated rings. The lowest BCUT2D eigenvalue weighted by Crippen LogP contribution is -2.45. The fourth-order valence-electron chi connectivity index (χ4n) is 2.48. The topological polar surface area (TPSA) is 49.3 Å². The average molecular weight is 302 g/mol. The minimum atomic E-state index is -0.708. The summed E-state index contributed by atoms with van der Waals surface area (Å²) >= 11 is 7.30. The Bertz CT molecular complexity index is 440. The molecule has 1 aromatic heterocycles. The summed E-state index contributed by atoms with van der Waals surface area (Å²) in [7, 11) is 0. The molecule has 106 valence electrons. The van der Waals surface area contributed by atoms with E-state index >= 15 is 0 Å². The van der Waals surface area contributed by atoms with Crippen molar-refractivity contribution in [3.05, 3.63) is 21.3 Å². The van der Waals surface area contributed by atoms with Gasteiger partial charge in [-0.05, 0) is 31.9 Å². The largest absolute Gasteiger partial charge is 0.388 e. The summed E-state index contributed by atoms with van der Waals surface area (Å²) in [5.41, 5.74) is -0.708. The lowest BCUT2D eigenvalue weighted by Gasteiger charge is -2.32. The first-order valence-corrected chi connectivity index (χ1v) is 7.95. The van der Waals surface area contributed by atoms with Gasteiger partial charge in [0.2, 0.25) is 5.91 Å². The lowest BCUT2D eigenvalue weighted by atomic mass is 9.85. The molecule has 1 amide bonds. The third kappa shape index (κ3) is 3.94. The number of amides is 1. The summed E-state index contributed by atoms with van der Waals surface area (Å²) < 4.78 is 0.695. The Morgan fingerprint density at radius 1 is 1.47 bits per heavy atom. The number of hydrogen-bond donors (Lipinski definition) is 2. The third-order valence-electron chi connectivity index (χ3n) is 3.79. The van der Waals surface area contributed by atoms with Crippen molar-refractivity contribution in [3.63, 3.8) is 0 Å². The molecule has 2 N–H and O–H groups in total. The van der Waals surface area contributed by atoms with Gasteiger partial charge >= 0.3 is 0 Å². The predicted octanol–water partition coefficient (Wildman–Crippen LogP) is 3.32. The van der Waals surface area contributed by atoms with Crippen LogP contribution in [0.5, 0.6) is 0 Å². The van der Waals surface area contributed by atoms with Crippen LogP contribution in [0, 0.1) is 0 Å². The second kappa shape index (κ2) is 6.25. The van der Waals surface area contributed by atoms with Crippen molar-refractivity contribution in [2.24, 2.45) is 0 Å². The van der Waals surface area contributed by atoms with Crippen molar-refractivity contribution in [1.82, 2.24) is 5.32 Å². The number of aliphatic hydroxyl groups is 1. The zero-order valence-corrected chi connectivity index (χ0v) is 12.7. The highest BCUT2D eigenvalue weighted by Gasteiger charge is 2.30. The minimum absolute atomic E-state index is 0.0440. The highest BCUT2D eigenvalue weighted by molar-refractivity contribution is 7.16. The molecule has 1 unspecified atom stereocenters. The lowest BCUT2D eigenvalue weighted by molar-refractivity contribution is -0.123. The summed E-state index contributed by atoms with van der Waals surface area (Å²) in [4.78, 5) is 13.0. The van der Waals surface area contributed by atoms with E-state index < -0.39 is 5.60 Å². The molecule has 0 spiro atoms. The van der Waals surface area contributed by atoms with Crippen LogP contribution in [-0.2, 0) is 4.79 Å². The van der Waals surface area contributed by atoms with Crippen LogP contribution >= 0.6 is 22.9 Å². The van der Waals surface area contributed by atoms with Crippen molar-refractivity contribution in [2.75, 3.05) is 6.54 Å². The molecule has 1 saturated carbocycles. The van der Waals surface area contributed by atoms with Gasteiger partial charge in [0.25, 0.3) is 0 Å². The Balaban J connectivity index is 1.87. The standard InChI is InChI=1S/C14H20ClNO2S/c1-10(11-5-6-12(15)19-11)13(17)16-9-14(18)7-3-2-4-8-14/h5-6,10,18H,2-4,7-9H2,1H3,(H,16,17). The summed E-state index contributed by atoms with van der Waals surface area (Å²) in [6.07, 6.45) is 4.84. The van der Waals surface area contributed by atoms with E-state index in [-0.39, 0.29) is 11.8 Å². The first-order chi connectivity index (χ1) is 9.00. The average Bonchev–Trinajstić information content (AvgIpc) is 2.83. The van der Waals surface area contributed by atoms with E-state index in [0.717, 1.165) is 30.6 Å². The van der Waals surface area contributed by atoms with Crippen LogP contribution in [-0.4, -0.2) is 23.2 Å². The van der Waals surface area contributed by atoms with Crippen LogP contribution in [0.25, 0.3) is 0 Å². The summed E-state index contributed by atoms with van der Waals surface area (Å²) in [6, 6.07) is 3.69. The molecular weight excluding hydrogens is 282 g/mol. The zero-order chi connectivity index (χ0) is 13.9. The number of carbonyl (C=O) groups is 1. The molecule has 1 aliphatic carbocycles. The number of thiophene rings is 1. The van der Waals surface area contributed by atoms with E-state index in [9.17, 15) is 9.90 Å². The Hall–Kier alpha value is -0.580. The van der Waals surface area contributed by atoms with Gasteiger partial charge in [0, 0.05) is 11.4 Å². The first-order valence-electron chi connectivity index (χ1n) is 6.75. The fourth-order valence-corrected chi connectivity index (χ4v) is 3.59. The van der Waals surface area contributed by atoms with Crippen LogP contribution in [0.2, 0.25) is 4.34 Å². The van der Waals surface area contributed by atoms with Gasteiger partial charge in [0.1, 0.15) is 0 Å². The van der Waals surface area contributed by atoms with Crippen molar-refractivity contribution in [1.29, 1.82) is 0 Å². The third-order valence-corrected chi connectivity index (χ3v) is 5.20. The smallest absolute Gasteiger partial charge is 0.228 e. The Kier molecular flexibility index (Phi) is 4.87. The molecule has 0 radical (unpaired) electrons. The molecule has 19 heavy (non-hydrogen) atoms. The highest BCUT2D eigenvalue weighted by Crippen LogP contribution is 2.29. The monoisotopic (exact) mass is 301 g/mol. The number of carbonyl (C=O) groups excluding carboxylic acids is 1. The van der Waals surface area contributed by atoms with Crippen molar-refractivity contribution in [2.45, 2.75) is 50.5 Å². The van der Waals surface area contributed by atoms with Crippen molar-refractivity contribution in [3.8, 4) is 0 Å². The maximum Gasteiger partial charge on any atom is 0.228 e. The quantitative estimate of drug-likeness (QED) is 0.896. The van der Waals surface area contributed by atoms with Gasteiger partial charge in [-0.3, -0.25) is 4.79 Å². The molecule has 0 bridgehead atoms. The second-order valence-corrected chi connectivity index (χ2v) is 7.11. The van der Waals surface area contributed by atoms with Crippen LogP contribution < -0.4 is 5.32 Å². The molecular formula is C14H20ClNO2S. The van der Waals surface area contributed by atoms with Crippen LogP contribution in [0.3, 0.4) is 0 Å². The Morgan fingerprint density at radius 3 is 2.74 bits per heavy atom. The Morgan fingerprint density at radius 2 is 2.16 bits per heavy atom. The molecule has 2 rings (SSSR count). The van der Waals surface area contributed by atoms with E-state index in [0.29, 0.717) is 10.9 Å². The van der Waals surface area contributed by atoms with E-state index in [1.165, 1.54) is 17.8 Å². The molecule has 5 heteroatoms. The SMILES string of the molecule is CC(C(=O)NCC1(O)CCCCC1)c1ccc(Cl)s1. The number of rotatable bonds is 4. The van der Waals surface area contributed by atoms with Gasteiger partial charge < -0.3 is 10.4 Å². The van der Waals surface area contributed by atoms with Crippen LogP contribution in [0.1, 0.15) is 49.8 Å². The van der Waals surface area contributed by atoms with Gasteiger partial charge in [0.05, 0.1) is 15.9 Å². The number of hydrogen-bond acceptors (Lipinski definition) is 3. The van der Waals surface area contributed by atoms with E-state index in [4.69, 9.17) is 11.6 Å². The fraction of sp³-hybridized carbons (Fsp3) is 0.643. The first kappa shape index (κ1) is 14.8. The predicted molar refractivity (Wildman–Crippen MR) is 78.8 cm³/mol. The molecule has 0 aromatic carbocycles. The summed E-state index contributed by atoms with van der Waals surface area (Å²) in [5.74, 6) is -0.262. The van der Waals surface area contributed by atoms with Crippen molar-refractivity contribution < 1.29 is 9.90 Å². The van der Waals surface area contributed by atoms with Gasteiger partial charge in [-0.1, -0.05) is 30.9 Å². The summed E-state index contributed by atoms with van der Waals surface area (Å²) in [6.45, 7) is 2.22. The van der Waals surface area contributed by atoms with Gasteiger partial charge in [-0.15, -0.1) is 11.3 Å². The normalized spacial score (nSPS) is 19.9. The molecule has 0 saturated heterocycles.